The van der Waals surface area contributed by atoms with Crippen LogP contribution in [0.25, 0.3) is 5.69 Å². The lowest BCUT2D eigenvalue weighted by molar-refractivity contribution is 0.0694. The number of aryl methyl sites for hydroxylation is 1. The van der Waals surface area contributed by atoms with Crippen LogP contribution in [-0.4, -0.2) is 29.7 Å². The zero-order chi connectivity index (χ0) is 15.7. The normalized spacial score (nSPS) is 10.5. The molecule has 0 amide bonds. The van der Waals surface area contributed by atoms with Gasteiger partial charge in [-0.05, 0) is 31.5 Å². The van der Waals surface area contributed by atoms with E-state index in [4.69, 9.17) is 0 Å². The Bertz CT molecular complexity index is 761. The van der Waals surface area contributed by atoms with Gasteiger partial charge in [-0.25, -0.2) is 4.79 Å². The number of carboxylic acid groups (broad SMARTS) is 1. The third-order valence-corrected chi connectivity index (χ3v) is 3.47. The summed E-state index contributed by atoms with van der Waals surface area (Å²) >= 11 is 0. The Kier molecular flexibility index (Phi) is 3.84. The molecule has 1 heterocycles. The van der Waals surface area contributed by atoms with Crippen LogP contribution >= 0.6 is 0 Å². The molecule has 2 aromatic rings. The van der Waals surface area contributed by atoms with E-state index >= 15 is 0 Å². The van der Waals surface area contributed by atoms with Crippen molar-refractivity contribution in [1.82, 2.24) is 4.57 Å². The third kappa shape index (κ3) is 2.54. The molecular weight excluding hydrogens is 268 g/mol. The number of benzene rings is 1. The van der Waals surface area contributed by atoms with Gasteiger partial charge in [0.05, 0.1) is 16.9 Å². The Labute approximate surface area is 123 Å². The first kappa shape index (κ1) is 14.8. The topological polar surface area (TPSA) is 62.5 Å². The average molecular weight is 286 g/mol. The van der Waals surface area contributed by atoms with E-state index < -0.39 is 5.97 Å². The smallest absolute Gasteiger partial charge is 0.337 e. The summed E-state index contributed by atoms with van der Waals surface area (Å²) in [6.07, 6.45) is 0. The van der Waals surface area contributed by atoms with E-state index in [-0.39, 0.29) is 11.1 Å². The van der Waals surface area contributed by atoms with Gasteiger partial charge in [-0.2, -0.15) is 0 Å². The number of carboxylic acids is 1. The minimum atomic E-state index is -1.03. The lowest BCUT2D eigenvalue weighted by atomic mass is 10.1. The molecule has 0 spiro atoms. The molecule has 5 heteroatoms. The maximum atomic E-state index is 12.4. The Morgan fingerprint density at radius 3 is 2.38 bits per heavy atom. The van der Waals surface area contributed by atoms with E-state index in [1.165, 1.54) is 10.6 Å². The van der Waals surface area contributed by atoms with Gasteiger partial charge in [-0.15, -0.1) is 0 Å². The van der Waals surface area contributed by atoms with Gasteiger partial charge in [-0.1, -0.05) is 12.1 Å². The van der Waals surface area contributed by atoms with Crippen LogP contribution in [0.5, 0.6) is 0 Å². The maximum Gasteiger partial charge on any atom is 0.337 e. The molecule has 110 valence electrons. The zero-order valence-corrected chi connectivity index (χ0v) is 12.5. The van der Waals surface area contributed by atoms with Crippen LogP contribution in [0.15, 0.2) is 35.1 Å². The molecular formula is C16H18N2O3. The second-order valence-corrected chi connectivity index (χ2v) is 5.15. The minimum absolute atomic E-state index is 0.170. The minimum Gasteiger partial charge on any atom is -0.478 e. The summed E-state index contributed by atoms with van der Waals surface area (Å²) in [5, 5.41) is 9.36. The predicted octanol–water partition coefficient (Wildman–Crippen LogP) is 2.22. The molecule has 1 N–H and O–H groups in total. The number of aromatic nitrogens is 1. The second kappa shape index (κ2) is 5.44. The summed E-state index contributed by atoms with van der Waals surface area (Å²) in [5.74, 6) is -1.03. The standard InChI is InChI=1S/C16H18N2O3/c1-10-9-14(19)18(11(2)15(10)16(20)21)13-8-6-5-7-12(13)17(3)4/h5-9H,1-4H3,(H,20,21). The Balaban J connectivity index is 2.86. The molecule has 21 heavy (non-hydrogen) atoms. The molecule has 0 radical (unpaired) electrons. The van der Waals surface area contributed by atoms with Crippen LogP contribution in [0, 0.1) is 13.8 Å². The predicted molar refractivity (Wildman–Crippen MR) is 82.8 cm³/mol. The van der Waals surface area contributed by atoms with Gasteiger partial charge in [0.2, 0.25) is 0 Å². The number of pyridine rings is 1. The average Bonchev–Trinajstić information content (AvgIpc) is 2.37. The zero-order valence-electron chi connectivity index (χ0n) is 12.5. The van der Waals surface area contributed by atoms with E-state index in [1.807, 2.05) is 43.3 Å². The lowest BCUT2D eigenvalue weighted by Gasteiger charge is -2.21. The number of aromatic carboxylic acids is 1. The summed E-state index contributed by atoms with van der Waals surface area (Å²) < 4.78 is 1.45. The molecule has 0 aliphatic carbocycles. The van der Waals surface area contributed by atoms with Gasteiger partial charge in [0.25, 0.3) is 5.56 Å². The van der Waals surface area contributed by atoms with Crippen LogP contribution in [0.2, 0.25) is 0 Å². The molecule has 1 aromatic carbocycles. The van der Waals surface area contributed by atoms with E-state index in [2.05, 4.69) is 0 Å². The van der Waals surface area contributed by atoms with Crippen molar-refractivity contribution in [1.29, 1.82) is 0 Å². The van der Waals surface area contributed by atoms with Crippen LogP contribution in [0.3, 0.4) is 0 Å². The molecule has 1 aromatic heterocycles. The highest BCUT2D eigenvalue weighted by Crippen LogP contribution is 2.24. The number of rotatable bonds is 3. The number of para-hydroxylation sites is 2. The fourth-order valence-electron chi connectivity index (χ4n) is 2.54. The highest BCUT2D eigenvalue weighted by Gasteiger charge is 2.18. The molecule has 0 atom stereocenters. The van der Waals surface area contributed by atoms with E-state index in [9.17, 15) is 14.7 Å². The van der Waals surface area contributed by atoms with Gasteiger partial charge in [-0.3, -0.25) is 9.36 Å². The molecule has 0 aliphatic rings. The molecule has 5 nitrogen and oxygen atoms in total. The molecule has 0 fully saturated rings. The van der Waals surface area contributed by atoms with Crippen molar-refractivity contribution in [2.24, 2.45) is 0 Å². The van der Waals surface area contributed by atoms with Gasteiger partial charge in [0.15, 0.2) is 0 Å². The maximum absolute atomic E-state index is 12.4. The number of hydrogen-bond acceptors (Lipinski definition) is 3. The first-order chi connectivity index (χ1) is 9.84. The van der Waals surface area contributed by atoms with Crippen molar-refractivity contribution in [2.75, 3.05) is 19.0 Å². The number of hydrogen-bond donors (Lipinski definition) is 1. The van der Waals surface area contributed by atoms with Crippen molar-refractivity contribution < 1.29 is 9.90 Å². The van der Waals surface area contributed by atoms with Crippen LogP contribution < -0.4 is 10.5 Å². The summed E-state index contributed by atoms with van der Waals surface area (Å²) in [6.45, 7) is 3.30. The summed E-state index contributed by atoms with van der Waals surface area (Å²) in [5.41, 5.74) is 2.37. The van der Waals surface area contributed by atoms with E-state index in [0.717, 1.165) is 5.69 Å². The van der Waals surface area contributed by atoms with Crippen molar-refractivity contribution in [3.05, 3.63) is 57.5 Å². The van der Waals surface area contributed by atoms with Crippen molar-refractivity contribution in [2.45, 2.75) is 13.8 Å². The Morgan fingerprint density at radius 1 is 1.19 bits per heavy atom. The van der Waals surface area contributed by atoms with Crippen LogP contribution in [0.1, 0.15) is 21.6 Å². The van der Waals surface area contributed by atoms with Gasteiger partial charge in [0.1, 0.15) is 0 Å². The summed E-state index contributed by atoms with van der Waals surface area (Å²) in [7, 11) is 3.76. The molecule has 0 aliphatic heterocycles. The first-order valence-corrected chi connectivity index (χ1v) is 6.58. The summed E-state index contributed by atoms with van der Waals surface area (Å²) in [4.78, 5) is 25.7. The molecule has 2 rings (SSSR count). The van der Waals surface area contributed by atoms with Gasteiger partial charge >= 0.3 is 5.97 Å². The Hall–Kier alpha value is -2.56. The van der Waals surface area contributed by atoms with Crippen molar-refractivity contribution >= 4 is 11.7 Å². The lowest BCUT2D eigenvalue weighted by Crippen LogP contribution is -2.25. The van der Waals surface area contributed by atoms with Gasteiger partial charge < -0.3 is 10.0 Å². The fourth-order valence-corrected chi connectivity index (χ4v) is 2.54. The second-order valence-electron chi connectivity index (χ2n) is 5.15. The van der Waals surface area contributed by atoms with Crippen molar-refractivity contribution in [3.8, 4) is 5.69 Å². The van der Waals surface area contributed by atoms with E-state index in [1.54, 1.807) is 13.8 Å². The number of carbonyl (C=O) groups is 1. The van der Waals surface area contributed by atoms with Gasteiger partial charge in [0, 0.05) is 25.9 Å². The fraction of sp³-hybridized carbons (Fsp3) is 0.250. The highest BCUT2D eigenvalue weighted by atomic mass is 16.4. The molecule has 0 bridgehead atoms. The largest absolute Gasteiger partial charge is 0.478 e. The Morgan fingerprint density at radius 2 is 1.81 bits per heavy atom. The number of nitrogens with zero attached hydrogens (tertiary/aromatic N) is 2. The van der Waals surface area contributed by atoms with Crippen molar-refractivity contribution in [3.63, 3.8) is 0 Å². The van der Waals surface area contributed by atoms with E-state index in [0.29, 0.717) is 16.9 Å². The highest BCUT2D eigenvalue weighted by molar-refractivity contribution is 5.90. The molecule has 0 saturated heterocycles. The molecule has 0 saturated carbocycles. The first-order valence-electron chi connectivity index (χ1n) is 6.58. The SMILES string of the molecule is Cc1cc(=O)n(-c2ccccc2N(C)C)c(C)c1C(=O)O. The number of anilines is 1. The van der Waals surface area contributed by atoms with Crippen LogP contribution in [-0.2, 0) is 0 Å². The third-order valence-electron chi connectivity index (χ3n) is 3.47. The quantitative estimate of drug-likeness (QED) is 0.939. The summed E-state index contributed by atoms with van der Waals surface area (Å²) in [6, 6.07) is 8.77. The monoisotopic (exact) mass is 286 g/mol. The molecule has 0 unspecified atom stereocenters. The van der Waals surface area contributed by atoms with Crippen LogP contribution in [0.4, 0.5) is 5.69 Å².